The SMILES string of the molecule is CCC[C@H](C(=O)NC[C@@H](C)C(=O)O)N1C(=O)[C@H](Cc2ccc(C#N)cc2)O[C@@H](c2ccc(Cl)cc2)[C@H]1c1ccc(Cl)cc1. The number of ether oxygens (including phenoxy) is 1. The van der Waals surface area contributed by atoms with Crippen LogP contribution in [0.5, 0.6) is 0 Å². The largest absolute Gasteiger partial charge is 0.481 e. The fourth-order valence-corrected chi connectivity index (χ4v) is 5.46. The first-order valence-electron chi connectivity index (χ1n) is 14.1. The van der Waals surface area contributed by atoms with Gasteiger partial charge in [-0.15, -0.1) is 0 Å². The molecule has 3 aromatic rings. The molecule has 2 N–H and O–H groups in total. The lowest BCUT2D eigenvalue weighted by Gasteiger charge is -2.47. The maximum absolute atomic E-state index is 14.4. The van der Waals surface area contributed by atoms with Crippen LogP contribution in [0.4, 0.5) is 0 Å². The number of amides is 2. The van der Waals surface area contributed by atoms with Gasteiger partial charge in [0, 0.05) is 23.0 Å². The number of carbonyl (C=O) groups excluding carboxylic acids is 2. The van der Waals surface area contributed by atoms with E-state index in [4.69, 9.17) is 27.9 Å². The van der Waals surface area contributed by atoms with E-state index in [1.807, 2.05) is 31.2 Å². The second-order valence-electron chi connectivity index (χ2n) is 10.6. The molecule has 0 aliphatic carbocycles. The quantitative estimate of drug-likeness (QED) is 0.266. The third-order valence-corrected chi connectivity index (χ3v) is 8.05. The Balaban J connectivity index is 1.82. The van der Waals surface area contributed by atoms with Gasteiger partial charge < -0.3 is 20.1 Å². The van der Waals surface area contributed by atoms with Crippen molar-refractivity contribution in [3.8, 4) is 6.07 Å². The number of nitriles is 1. The van der Waals surface area contributed by atoms with Crippen LogP contribution in [0.1, 0.15) is 61.1 Å². The molecule has 224 valence electrons. The van der Waals surface area contributed by atoms with Gasteiger partial charge in [-0.3, -0.25) is 14.4 Å². The second-order valence-corrected chi connectivity index (χ2v) is 11.5. The molecule has 0 spiro atoms. The topological polar surface area (TPSA) is 120 Å². The molecule has 1 heterocycles. The molecular formula is C33H33Cl2N3O5. The summed E-state index contributed by atoms with van der Waals surface area (Å²) >= 11 is 12.4. The summed E-state index contributed by atoms with van der Waals surface area (Å²) in [5.41, 5.74) is 2.78. The van der Waals surface area contributed by atoms with Crippen LogP contribution in [0, 0.1) is 17.2 Å². The average Bonchev–Trinajstić information content (AvgIpc) is 3.00. The molecule has 0 aromatic heterocycles. The zero-order valence-electron chi connectivity index (χ0n) is 23.9. The summed E-state index contributed by atoms with van der Waals surface area (Å²) in [7, 11) is 0. The lowest BCUT2D eigenvalue weighted by atomic mass is 9.88. The normalized spacial score (nSPS) is 19.7. The fraction of sp³-hybridized carbons (Fsp3) is 0.333. The summed E-state index contributed by atoms with van der Waals surface area (Å²) in [5, 5.41) is 22.4. The number of benzene rings is 3. The number of carbonyl (C=O) groups is 3. The zero-order valence-corrected chi connectivity index (χ0v) is 25.4. The molecule has 5 atom stereocenters. The van der Waals surface area contributed by atoms with Gasteiger partial charge in [0.05, 0.1) is 23.6 Å². The molecule has 43 heavy (non-hydrogen) atoms. The number of nitrogens with zero attached hydrogens (tertiary/aromatic N) is 2. The predicted molar refractivity (Wildman–Crippen MR) is 163 cm³/mol. The molecule has 3 aromatic carbocycles. The number of hydrogen-bond donors (Lipinski definition) is 2. The minimum atomic E-state index is -1.03. The number of nitrogens with one attached hydrogen (secondary N) is 1. The van der Waals surface area contributed by atoms with Gasteiger partial charge in [-0.05, 0) is 59.5 Å². The molecule has 0 saturated carbocycles. The number of morpholine rings is 1. The maximum atomic E-state index is 14.4. The Hall–Kier alpha value is -3.90. The molecule has 0 bridgehead atoms. The van der Waals surface area contributed by atoms with Crippen LogP contribution >= 0.6 is 23.2 Å². The first kappa shape index (κ1) is 32.0. The highest BCUT2D eigenvalue weighted by atomic mass is 35.5. The third-order valence-electron chi connectivity index (χ3n) is 7.55. The maximum Gasteiger partial charge on any atom is 0.308 e. The Kier molecular flexibility index (Phi) is 10.8. The van der Waals surface area contributed by atoms with Crippen LogP contribution in [-0.2, 0) is 25.5 Å². The summed E-state index contributed by atoms with van der Waals surface area (Å²) < 4.78 is 6.61. The van der Waals surface area contributed by atoms with Gasteiger partial charge in [-0.25, -0.2) is 0 Å². The minimum absolute atomic E-state index is 0.0756. The van der Waals surface area contributed by atoms with E-state index < -0.39 is 42.1 Å². The van der Waals surface area contributed by atoms with E-state index in [2.05, 4.69) is 11.4 Å². The van der Waals surface area contributed by atoms with Crippen molar-refractivity contribution in [2.45, 2.75) is 57.4 Å². The molecule has 1 saturated heterocycles. The molecular weight excluding hydrogens is 589 g/mol. The highest BCUT2D eigenvalue weighted by molar-refractivity contribution is 6.30. The molecule has 1 fully saturated rings. The van der Waals surface area contributed by atoms with Crippen LogP contribution in [0.3, 0.4) is 0 Å². The Labute approximate surface area is 261 Å². The summed E-state index contributed by atoms with van der Waals surface area (Å²) in [5.74, 6) is -2.63. The smallest absolute Gasteiger partial charge is 0.308 e. The van der Waals surface area contributed by atoms with Crippen molar-refractivity contribution in [1.29, 1.82) is 5.26 Å². The summed E-state index contributed by atoms with van der Waals surface area (Å²) in [6.07, 6.45) is -0.460. The van der Waals surface area contributed by atoms with Crippen LogP contribution in [0.25, 0.3) is 0 Å². The van der Waals surface area contributed by atoms with Gasteiger partial charge in [0.15, 0.2) is 0 Å². The van der Waals surface area contributed by atoms with Gasteiger partial charge in [0.1, 0.15) is 18.2 Å². The van der Waals surface area contributed by atoms with Crippen LogP contribution in [0.2, 0.25) is 10.0 Å². The summed E-state index contributed by atoms with van der Waals surface area (Å²) in [6, 6.07) is 21.7. The summed E-state index contributed by atoms with van der Waals surface area (Å²) in [4.78, 5) is 41.2. The molecule has 0 radical (unpaired) electrons. The summed E-state index contributed by atoms with van der Waals surface area (Å²) in [6.45, 7) is 3.36. The lowest BCUT2D eigenvalue weighted by Crippen LogP contribution is -2.59. The number of hydrogen-bond acceptors (Lipinski definition) is 5. The Morgan fingerprint density at radius 1 is 1.00 bits per heavy atom. The standard InChI is InChI=1S/C33H33Cl2N3O5/c1-3-4-27(31(39)37-19-20(2)33(41)42)38-29(23-9-13-25(34)14-10-23)30(24-11-15-26(35)16-12-24)43-28(32(38)40)17-21-5-7-22(18-36)8-6-21/h5-16,20,27-30H,3-4,17,19H2,1-2H3,(H,37,39)(H,41,42)/t20-,27-,28+,29-,30+/m1/s1. The van der Waals surface area contributed by atoms with Crippen molar-refractivity contribution in [3.63, 3.8) is 0 Å². The lowest BCUT2D eigenvalue weighted by molar-refractivity contribution is -0.181. The van der Waals surface area contributed by atoms with E-state index >= 15 is 0 Å². The highest BCUT2D eigenvalue weighted by Gasteiger charge is 2.48. The Morgan fingerprint density at radius 2 is 1.58 bits per heavy atom. The Bertz CT molecular complexity index is 1470. The van der Waals surface area contributed by atoms with Crippen LogP contribution in [-0.4, -0.2) is 46.5 Å². The molecule has 8 nitrogen and oxygen atoms in total. The third kappa shape index (κ3) is 7.74. The monoisotopic (exact) mass is 621 g/mol. The van der Waals surface area contributed by atoms with Crippen molar-refractivity contribution in [1.82, 2.24) is 10.2 Å². The number of carboxylic acids is 1. The van der Waals surface area contributed by atoms with Crippen molar-refractivity contribution >= 4 is 41.0 Å². The molecule has 1 aliphatic rings. The first-order valence-corrected chi connectivity index (χ1v) is 14.9. The molecule has 10 heteroatoms. The zero-order chi connectivity index (χ0) is 31.1. The predicted octanol–water partition coefficient (Wildman–Crippen LogP) is 6.12. The van der Waals surface area contributed by atoms with Crippen LogP contribution in [0.15, 0.2) is 72.8 Å². The van der Waals surface area contributed by atoms with E-state index in [1.165, 1.54) is 6.92 Å². The number of halogens is 2. The molecule has 0 unspecified atom stereocenters. The van der Waals surface area contributed by atoms with E-state index in [0.29, 0.717) is 28.5 Å². The fourth-order valence-electron chi connectivity index (χ4n) is 5.21. The van der Waals surface area contributed by atoms with Crippen molar-refractivity contribution < 1.29 is 24.2 Å². The van der Waals surface area contributed by atoms with E-state index in [1.54, 1.807) is 53.4 Å². The second kappa shape index (κ2) is 14.5. The van der Waals surface area contributed by atoms with Crippen molar-refractivity contribution in [3.05, 3.63) is 105 Å². The van der Waals surface area contributed by atoms with Crippen LogP contribution < -0.4 is 5.32 Å². The van der Waals surface area contributed by atoms with Crippen molar-refractivity contribution in [2.24, 2.45) is 5.92 Å². The average molecular weight is 623 g/mol. The van der Waals surface area contributed by atoms with E-state index in [-0.39, 0.29) is 18.9 Å². The van der Waals surface area contributed by atoms with Gasteiger partial charge in [0.2, 0.25) is 5.91 Å². The van der Waals surface area contributed by atoms with Gasteiger partial charge >= 0.3 is 5.97 Å². The Morgan fingerprint density at radius 3 is 2.12 bits per heavy atom. The molecule has 2 amide bonds. The highest BCUT2D eigenvalue weighted by Crippen LogP contribution is 2.44. The van der Waals surface area contributed by atoms with Gasteiger partial charge in [-0.2, -0.15) is 5.26 Å². The minimum Gasteiger partial charge on any atom is -0.481 e. The number of rotatable bonds is 11. The number of aliphatic carboxylic acids is 1. The van der Waals surface area contributed by atoms with Gasteiger partial charge in [0.25, 0.3) is 5.91 Å². The van der Waals surface area contributed by atoms with E-state index in [9.17, 15) is 24.8 Å². The molecule has 1 aliphatic heterocycles. The first-order chi connectivity index (χ1) is 20.6. The molecule has 4 rings (SSSR count). The van der Waals surface area contributed by atoms with Gasteiger partial charge in [-0.1, -0.05) is 79.9 Å². The van der Waals surface area contributed by atoms with Crippen molar-refractivity contribution in [2.75, 3.05) is 6.54 Å². The number of carboxylic acid groups (broad SMARTS) is 1. The van der Waals surface area contributed by atoms with E-state index in [0.717, 1.165) is 16.7 Å².